The molecule has 2 aromatic heterocycles. The highest BCUT2D eigenvalue weighted by atomic mass is 15.0. The molecule has 0 aliphatic rings. The number of nitrogens with zero attached hydrogens (tertiary/aromatic N) is 1. The van der Waals surface area contributed by atoms with Gasteiger partial charge in [0.2, 0.25) is 0 Å². The summed E-state index contributed by atoms with van der Waals surface area (Å²) in [6, 6.07) is 10.3. The molecule has 3 nitrogen and oxygen atoms in total. The molecule has 80 valence electrons. The van der Waals surface area contributed by atoms with E-state index in [1.807, 2.05) is 18.3 Å². The van der Waals surface area contributed by atoms with E-state index in [9.17, 15) is 0 Å². The zero-order valence-electron chi connectivity index (χ0n) is 9.12. The molecule has 0 saturated carbocycles. The molecule has 3 heteroatoms. The Hall–Kier alpha value is -2.03. The van der Waals surface area contributed by atoms with Crippen LogP contribution in [0.3, 0.4) is 0 Å². The van der Waals surface area contributed by atoms with Crippen LogP contribution in [0.15, 0.2) is 36.5 Å². The maximum absolute atomic E-state index is 4.39. The number of anilines is 1. The van der Waals surface area contributed by atoms with Gasteiger partial charge in [0.15, 0.2) is 0 Å². The van der Waals surface area contributed by atoms with E-state index in [0.29, 0.717) is 0 Å². The van der Waals surface area contributed by atoms with Crippen molar-refractivity contribution in [2.45, 2.75) is 6.92 Å². The van der Waals surface area contributed by atoms with Crippen molar-refractivity contribution >= 4 is 27.6 Å². The average molecular weight is 211 g/mol. The van der Waals surface area contributed by atoms with Crippen LogP contribution in [0.4, 0.5) is 5.82 Å². The fourth-order valence-corrected chi connectivity index (χ4v) is 2.10. The Morgan fingerprint density at radius 1 is 1.19 bits per heavy atom. The number of nitrogens with one attached hydrogen (secondary N) is 2. The van der Waals surface area contributed by atoms with Crippen molar-refractivity contribution in [3.8, 4) is 0 Å². The highest BCUT2D eigenvalue weighted by Crippen LogP contribution is 2.29. The molecule has 0 spiro atoms. The van der Waals surface area contributed by atoms with Crippen molar-refractivity contribution in [3.63, 3.8) is 0 Å². The highest BCUT2D eigenvalue weighted by Gasteiger charge is 2.07. The first-order valence-electron chi connectivity index (χ1n) is 5.49. The summed E-state index contributed by atoms with van der Waals surface area (Å²) in [6.45, 7) is 2.96. The maximum atomic E-state index is 4.39. The van der Waals surface area contributed by atoms with Crippen molar-refractivity contribution in [1.29, 1.82) is 0 Å². The zero-order valence-corrected chi connectivity index (χ0v) is 9.12. The zero-order chi connectivity index (χ0) is 11.0. The molecule has 0 amide bonds. The van der Waals surface area contributed by atoms with Gasteiger partial charge >= 0.3 is 0 Å². The van der Waals surface area contributed by atoms with Crippen molar-refractivity contribution in [1.82, 2.24) is 9.97 Å². The molecule has 0 bridgehead atoms. The van der Waals surface area contributed by atoms with Crippen molar-refractivity contribution < 1.29 is 0 Å². The molecule has 0 atom stereocenters. The SMILES string of the molecule is CCNc1nccc2[nH]c3ccccc3c12. The number of rotatable bonds is 2. The molecule has 0 saturated heterocycles. The van der Waals surface area contributed by atoms with Crippen LogP contribution in [-0.2, 0) is 0 Å². The van der Waals surface area contributed by atoms with Crippen LogP contribution in [0.5, 0.6) is 0 Å². The van der Waals surface area contributed by atoms with Gasteiger partial charge < -0.3 is 10.3 Å². The minimum atomic E-state index is 0.881. The van der Waals surface area contributed by atoms with Gasteiger partial charge in [0, 0.05) is 29.0 Å². The predicted octanol–water partition coefficient (Wildman–Crippen LogP) is 3.15. The second-order valence-electron chi connectivity index (χ2n) is 3.78. The minimum absolute atomic E-state index is 0.881. The fraction of sp³-hybridized carbons (Fsp3) is 0.154. The molecular formula is C13H13N3. The number of hydrogen-bond acceptors (Lipinski definition) is 2. The molecule has 0 fully saturated rings. The Bertz CT molecular complexity index is 640. The van der Waals surface area contributed by atoms with Crippen LogP contribution in [0.2, 0.25) is 0 Å². The van der Waals surface area contributed by atoms with Gasteiger partial charge in [0.25, 0.3) is 0 Å². The summed E-state index contributed by atoms with van der Waals surface area (Å²) in [4.78, 5) is 7.78. The van der Waals surface area contributed by atoms with E-state index in [2.05, 4.69) is 40.4 Å². The molecule has 3 aromatic rings. The standard InChI is InChI=1S/C13H13N3/c1-2-14-13-12-9-5-3-4-6-10(9)16-11(12)7-8-15-13/h3-8,16H,2H2,1H3,(H,14,15). The Morgan fingerprint density at radius 3 is 2.94 bits per heavy atom. The Kier molecular flexibility index (Phi) is 2.03. The van der Waals surface area contributed by atoms with Gasteiger partial charge in [-0.1, -0.05) is 18.2 Å². The summed E-state index contributed by atoms with van der Waals surface area (Å²) in [5.74, 6) is 0.956. The second-order valence-corrected chi connectivity index (χ2v) is 3.78. The van der Waals surface area contributed by atoms with Gasteiger partial charge in [-0.05, 0) is 19.1 Å². The highest BCUT2D eigenvalue weighted by molar-refractivity contribution is 6.12. The number of aromatic amines is 1. The van der Waals surface area contributed by atoms with Crippen LogP contribution < -0.4 is 5.32 Å². The molecule has 0 aliphatic carbocycles. The van der Waals surface area contributed by atoms with E-state index < -0.39 is 0 Å². The largest absolute Gasteiger partial charge is 0.370 e. The number of para-hydroxylation sites is 1. The van der Waals surface area contributed by atoms with E-state index in [1.165, 1.54) is 10.8 Å². The number of pyridine rings is 1. The summed E-state index contributed by atoms with van der Waals surface area (Å²) in [5.41, 5.74) is 2.29. The third-order valence-corrected chi connectivity index (χ3v) is 2.76. The van der Waals surface area contributed by atoms with Gasteiger partial charge in [0.1, 0.15) is 5.82 Å². The van der Waals surface area contributed by atoms with E-state index in [4.69, 9.17) is 0 Å². The second kappa shape index (κ2) is 3.52. The van der Waals surface area contributed by atoms with Crippen molar-refractivity contribution in [2.24, 2.45) is 0 Å². The van der Waals surface area contributed by atoms with Crippen molar-refractivity contribution in [3.05, 3.63) is 36.5 Å². The number of fused-ring (bicyclic) bond motifs is 3. The molecule has 0 unspecified atom stereocenters. The first-order chi connectivity index (χ1) is 7.90. The molecule has 1 aromatic carbocycles. The minimum Gasteiger partial charge on any atom is -0.370 e. The summed E-state index contributed by atoms with van der Waals surface area (Å²) in [5, 5.41) is 5.70. The van der Waals surface area contributed by atoms with Crippen LogP contribution in [-0.4, -0.2) is 16.5 Å². The molecular weight excluding hydrogens is 198 g/mol. The third kappa shape index (κ3) is 1.25. The van der Waals surface area contributed by atoms with Crippen LogP contribution in [0, 0.1) is 0 Å². The normalized spacial score (nSPS) is 11.1. The predicted molar refractivity (Wildman–Crippen MR) is 67.8 cm³/mol. The van der Waals surface area contributed by atoms with Crippen LogP contribution >= 0.6 is 0 Å². The van der Waals surface area contributed by atoms with Gasteiger partial charge in [0.05, 0.1) is 5.52 Å². The van der Waals surface area contributed by atoms with Gasteiger partial charge in [-0.3, -0.25) is 0 Å². The summed E-state index contributed by atoms with van der Waals surface area (Å²) in [7, 11) is 0. The fourth-order valence-electron chi connectivity index (χ4n) is 2.10. The lowest BCUT2D eigenvalue weighted by atomic mass is 10.2. The van der Waals surface area contributed by atoms with Crippen LogP contribution in [0.1, 0.15) is 6.92 Å². The Balaban J connectivity index is 2.43. The molecule has 16 heavy (non-hydrogen) atoms. The maximum Gasteiger partial charge on any atom is 0.135 e. The van der Waals surface area contributed by atoms with E-state index in [1.54, 1.807) is 0 Å². The van der Waals surface area contributed by atoms with Crippen LogP contribution in [0.25, 0.3) is 21.8 Å². The molecule has 0 aliphatic heterocycles. The van der Waals surface area contributed by atoms with Crippen molar-refractivity contribution in [2.75, 3.05) is 11.9 Å². The van der Waals surface area contributed by atoms with E-state index in [-0.39, 0.29) is 0 Å². The molecule has 2 heterocycles. The quantitative estimate of drug-likeness (QED) is 0.683. The summed E-state index contributed by atoms with van der Waals surface area (Å²) in [6.07, 6.45) is 1.83. The average Bonchev–Trinajstić information content (AvgIpc) is 2.68. The lowest BCUT2D eigenvalue weighted by Gasteiger charge is -2.03. The van der Waals surface area contributed by atoms with Gasteiger partial charge in [-0.2, -0.15) is 0 Å². The first kappa shape index (κ1) is 9.21. The first-order valence-corrected chi connectivity index (χ1v) is 5.49. The van der Waals surface area contributed by atoms with E-state index in [0.717, 1.165) is 23.4 Å². The Labute approximate surface area is 93.5 Å². The Morgan fingerprint density at radius 2 is 2.06 bits per heavy atom. The lowest BCUT2D eigenvalue weighted by molar-refractivity contribution is 1.17. The number of aromatic nitrogens is 2. The van der Waals surface area contributed by atoms with Gasteiger partial charge in [-0.15, -0.1) is 0 Å². The number of hydrogen-bond donors (Lipinski definition) is 2. The lowest BCUT2D eigenvalue weighted by Crippen LogP contribution is -1.98. The molecule has 3 rings (SSSR count). The number of benzene rings is 1. The summed E-state index contributed by atoms with van der Waals surface area (Å²) >= 11 is 0. The summed E-state index contributed by atoms with van der Waals surface area (Å²) < 4.78 is 0. The third-order valence-electron chi connectivity index (χ3n) is 2.76. The van der Waals surface area contributed by atoms with E-state index >= 15 is 0 Å². The number of H-pyrrole nitrogens is 1. The smallest absolute Gasteiger partial charge is 0.135 e. The monoisotopic (exact) mass is 211 g/mol. The molecule has 2 N–H and O–H groups in total. The van der Waals surface area contributed by atoms with Gasteiger partial charge in [-0.25, -0.2) is 4.98 Å². The topological polar surface area (TPSA) is 40.7 Å². The molecule has 0 radical (unpaired) electrons.